The topological polar surface area (TPSA) is 141 Å². The normalized spacial score (nSPS) is 11.5. The van der Waals surface area contributed by atoms with Crippen LogP contribution in [0.3, 0.4) is 0 Å². The number of nitrogens with zero attached hydrogens (tertiary/aromatic N) is 3. The van der Waals surface area contributed by atoms with Crippen LogP contribution in [0.15, 0.2) is 72.8 Å². The number of urea groups is 1. The number of aromatic nitrogens is 3. The molecule has 5 aromatic rings. The van der Waals surface area contributed by atoms with E-state index in [1.165, 1.54) is 16.7 Å². The van der Waals surface area contributed by atoms with Crippen LogP contribution in [0.5, 0.6) is 0 Å². The zero-order valence-electron chi connectivity index (χ0n) is 18.9. The van der Waals surface area contributed by atoms with Gasteiger partial charge >= 0.3 is 12.2 Å². The fourth-order valence-corrected chi connectivity index (χ4v) is 3.93. The number of hydrogen-bond donors (Lipinski definition) is 4. The number of amides is 3. The van der Waals surface area contributed by atoms with Crippen LogP contribution in [0.2, 0.25) is 0 Å². The van der Waals surface area contributed by atoms with Crippen molar-refractivity contribution in [3.8, 4) is 5.69 Å². The molecule has 0 atom stereocenters. The van der Waals surface area contributed by atoms with Gasteiger partial charge in [-0.15, -0.1) is 0 Å². The van der Waals surface area contributed by atoms with Crippen LogP contribution in [0.1, 0.15) is 15.9 Å². The lowest BCUT2D eigenvalue weighted by Crippen LogP contribution is -2.19. The van der Waals surface area contributed by atoms with E-state index in [9.17, 15) is 22.8 Å². The quantitative estimate of drug-likeness (QED) is 0.274. The van der Waals surface area contributed by atoms with Gasteiger partial charge in [-0.3, -0.25) is 9.36 Å². The number of alkyl halides is 3. The molecule has 2 heterocycles. The molecule has 0 saturated carbocycles. The number of halogens is 3. The van der Waals surface area contributed by atoms with Gasteiger partial charge in [0.25, 0.3) is 5.91 Å². The van der Waals surface area contributed by atoms with Crippen molar-refractivity contribution in [3.05, 3.63) is 83.9 Å². The summed E-state index contributed by atoms with van der Waals surface area (Å²) >= 11 is 0. The molecule has 37 heavy (non-hydrogen) atoms. The number of fused-ring (bicyclic) bond motifs is 2. The summed E-state index contributed by atoms with van der Waals surface area (Å²) in [4.78, 5) is 33.6. The highest BCUT2D eigenvalue weighted by Crippen LogP contribution is 2.32. The molecule has 3 aromatic carbocycles. The summed E-state index contributed by atoms with van der Waals surface area (Å²) in [5.41, 5.74) is 13.6. The molecule has 0 aliphatic carbocycles. The second-order valence-electron chi connectivity index (χ2n) is 8.05. The molecule has 0 aliphatic rings. The first-order valence-corrected chi connectivity index (χ1v) is 10.8. The summed E-state index contributed by atoms with van der Waals surface area (Å²) in [7, 11) is 0. The van der Waals surface area contributed by atoms with E-state index in [4.69, 9.17) is 11.5 Å². The molecule has 0 aliphatic heterocycles. The van der Waals surface area contributed by atoms with Gasteiger partial charge in [-0.1, -0.05) is 18.2 Å². The highest BCUT2D eigenvalue weighted by Gasteiger charge is 2.30. The highest BCUT2D eigenvalue weighted by molar-refractivity contribution is 6.10. The molecular formula is C25H18F3N7O2. The number of rotatable bonds is 4. The van der Waals surface area contributed by atoms with Crippen molar-refractivity contribution in [1.82, 2.24) is 14.5 Å². The summed E-state index contributed by atoms with van der Waals surface area (Å²) in [6.07, 6.45) is -4.53. The third kappa shape index (κ3) is 4.47. The number of para-hydroxylation sites is 2. The zero-order valence-corrected chi connectivity index (χ0v) is 18.9. The van der Waals surface area contributed by atoms with E-state index in [0.717, 1.165) is 12.1 Å². The first kappa shape index (κ1) is 23.6. The lowest BCUT2D eigenvalue weighted by Gasteiger charge is -2.12. The van der Waals surface area contributed by atoms with Gasteiger partial charge in [-0.05, 0) is 54.6 Å². The number of primary amides is 1. The van der Waals surface area contributed by atoms with Crippen LogP contribution in [0.4, 0.5) is 35.2 Å². The average molecular weight is 505 g/mol. The van der Waals surface area contributed by atoms with Crippen molar-refractivity contribution in [2.75, 3.05) is 16.4 Å². The Labute approximate surface area is 206 Å². The minimum atomic E-state index is -4.53. The van der Waals surface area contributed by atoms with Gasteiger partial charge in [0.1, 0.15) is 16.9 Å². The zero-order chi connectivity index (χ0) is 26.3. The van der Waals surface area contributed by atoms with Crippen molar-refractivity contribution in [2.45, 2.75) is 6.18 Å². The summed E-state index contributed by atoms with van der Waals surface area (Å²) in [5.74, 6) is -0.698. The summed E-state index contributed by atoms with van der Waals surface area (Å²) in [6, 6.07) is 17.1. The van der Waals surface area contributed by atoms with Crippen molar-refractivity contribution < 1.29 is 22.8 Å². The molecule has 0 radical (unpaired) electrons. The number of anilines is 3. The Morgan fingerprint density at radius 1 is 0.838 bits per heavy atom. The van der Waals surface area contributed by atoms with E-state index in [1.807, 2.05) is 0 Å². The van der Waals surface area contributed by atoms with Crippen molar-refractivity contribution >= 4 is 51.3 Å². The lowest BCUT2D eigenvalue weighted by atomic mass is 10.2. The molecule has 9 nitrogen and oxygen atoms in total. The Morgan fingerprint density at radius 2 is 1.49 bits per heavy atom. The van der Waals surface area contributed by atoms with E-state index < -0.39 is 23.7 Å². The number of benzene rings is 3. The molecule has 0 saturated heterocycles. The van der Waals surface area contributed by atoms with Gasteiger partial charge in [-0.2, -0.15) is 13.2 Å². The standard InChI is InChI=1S/C25H18F3N7O2/c26-25(27,28)13-4-3-5-15(12-13)32-24(37)31-14-8-10-16(11-9-14)35-21(29)19(22(30)36)20-23(35)34-18-7-2-1-6-17(18)33-20/h1-12H,29H2,(H2,30,36)(H2,31,32,37). The molecule has 186 valence electrons. The lowest BCUT2D eigenvalue weighted by molar-refractivity contribution is -0.137. The van der Waals surface area contributed by atoms with E-state index in [1.54, 1.807) is 48.5 Å². The van der Waals surface area contributed by atoms with Crippen LogP contribution in [0, 0.1) is 0 Å². The van der Waals surface area contributed by atoms with Gasteiger partial charge in [0.15, 0.2) is 5.65 Å². The number of hydrogen-bond acceptors (Lipinski definition) is 5. The maximum atomic E-state index is 12.9. The number of nitrogens with one attached hydrogen (secondary N) is 2. The molecule has 6 N–H and O–H groups in total. The SMILES string of the molecule is NC(=O)c1c(N)n(-c2ccc(NC(=O)Nc3cccc(C(F)(F)F)c3)cc2)c2nc3ccccc3nc12. The maximum absolute atomic E-state index is 12.9. The first-order valence-electron chi connectivity index (χ1n) is 10.8. The first-order chi connectivity index (χ1) is 17.6. The monoisotopic (exact) mass is 505 g/mol. The van der Waals surface area contributed by atoms with Crippen molar-refractivity contribution in [3.63, 3.8) is 0 Å². The Kier molecular flexibility index (Phi) is 5.63. The minimum absolute atomic E-state index is 0.0136. The maximum Gasteiger partial charge on any atom is 0.416 e. The number of carbonyl (C=O) groups is 2. The number of carbonyl (C=O) groups excluding carboxylic acids is 2. The van der Waals surface area contributed by atoms with Crippen LogP contribution in [-0.2, 0) is 6.18 Å². The Hall–Kier alpha value is -5.13. The molecule has 12 heteroatoms. The van der Waals surface area contributed by atoms with Gasteiger partial charge in [0, 0.05) is 17.1 Å². The number of nitrogens with two attached hydrogens (primary N) is 2. The van der Waals surface area contributed by atoms with Crippen LogP contribution >= 0.6 is 0 Å². The Balaban J connectivity index is 1.43. The Morgan fingerprint density at radius 3 is 2.14 bits per heavy atom. The molecule has 0 spiro atoms. The molecule has 0 unspecified atom stereocenters. The number of nitrogen functional groups attached to an aromatic ring is 1. The molecule has 3 amide bonds. The highest BCUT2D eigenvalue weighted by atomic mass is 19.4. The third-order valence-corrected chi connectivity index (χ3v) is 5.58. The van der Waals surface area contributed by atoms with E-state index in [2.05, 4.69) is 20.6 Å². The average Bonchev–Trinajstić information content (AvgIpc) is 3.13. The van der Waals surface area contributed by atoms with Crippen molar-refractivity contribution in [2.24, 2.45) is 5.73 Å². The van der Waals surface area contributed by atoms with Gasteiger partial charge in [0.05, 0.1) is 16.6 Å². The summed E-state index contributed by atoms with van der Waals surface area (Å²) in [6.45, 7) is 0. The van der Waals surface area contributed by atoms with Crippen LogP contribution in [-0.4, -0.2) is 26.5 Å². The molecular weight excluding hydrogens is 487 g/mol. The van der Waals surface area contributed by atoms with E-state index in [-0.39, 0.29) is 22.6 Å². The van der Waals surface area contributed by atoms with Crippen LogP contribution in [0.25, 0.3) is 27.9 Å². The predicted molar refractivity (Wildman–Crippen MR) is 133 cm³/mol. The van der Waals surface area contributed by atoms with Gasteiger partial charge in [0.2, 0.25) is 0 Å². The molecule has 0 fully saturated rings. The third-order valence-electron chi connectivity index (χ3n) is 5.58. The largest absolute Gasteiger partial charge is 0.416 e. The fraction of sp³-hybridized carbons (Fsp3) is 0.0400. The molecule has 2 aromatic heterocycles. The fourth-order valence-electron chi connectivity index (χ4n) is 3.93. The molecule has 0 bridgehead atoms. The summed E-state index contributed by atoms with van der Waals surface area (Å²) in [5, 5.41) is 4.92. The van der Waals surface area contributed by atoms with E-state index in [0.29, 0.717) is 28.1 Å². The predicted octanol–water partition coefficient (Wildman–Crippen LogP) is 4.92. The second-order valence-corrected chi connectivity index (χ2v) is 8.05. The second kappa shape index (κ2) is 8.82. The van der Waals surface area contributed by atoms with Crippen molar-refractivity contribution in [1.29, 1.82) is 0 Å². The van der Waals surface area contributed by atoms with Gasteiger partial charge in [-0.25, -0.2) is 14.8 Å². The van der Waals surface area contributed by atoms with Gasteiger partial charge < -0.3 is 22.1 Å². The minimum Gasteiger partial charge on any atom is -0.384 e. The van der Waals surface area contributed by atoms with E-state index >= 15 is 0 Å². The summed E-state index contributed by atoms with van der Waals surface area (Å²) < 4.78 is 40.2. The Bertz CT molecular complexity index is 1680. The van der Waals surface area contributed by atoms with Crippen LogP contribution < -0.4 is 22.1 Å². The molecule has 5 rings (SSSR count). The smallest absolute Gasteiger partial charge is 0.384 e.